The minimum absolute atomic E-state index is 0.392. The van der Waals surface area contributed by atoms with Crippen LogP contribution >= 0.6 is 0 Å². The molecule has 2 rings (SSSR count). The molecule has 0 aliphatic heterocycles. The number of hydrogen-bond acceptors (Lipinski definition) is 1. The lowest BCUT2D eigenvalue weighted by atomic mass is 9.83. The van der Waals surface area contributed by atoms with Crippen molar-refractivity contribution in [2.75, 3.05) is 0 Å². The van der Waals surface area contributed by atoms with Crippen LogP contribution in [0, 0.1) is 11.3 Å². The van der Waals surface area contributed by atoms with Crippen molar-refractivity contribution in [3.8, 4) is 0 Å². The number of rotatable bonds is 6. The molecule has 0 amide bonds. The molecule has 0 bridgehead atoms. The summed E-state index contributed by atoms with van der Waals surface area (Å²) < 4.78 is 0. The second-order valence-electron chi connectivity index (χ2n) is 6.48. The Morgan fingerprint density at radius 2 is 1.85 bits per heavy atom. The summed E-state index contributed by atoms with van der Waals surface area (Å²) >= 11 is 0. The summed E-state index contributed by atoms with van der Waals surface area (Å²) in [5.74, 6) is 0.392. The maximum absolute atomic E-state index is 8.76. The van der Waals surface area contributed by atoms with Gasteiger partial charge in [-0.25, -0.2) is 0 Å². The molecule has 1 unspecified atom stereocenters. The van der Waals surface area contributed by atoms with Gasteiger partial charge in [-0.3, -0.25) is 0 Å². The molecule has 1 atom stereocenters. The molecule has 0 saturated carbocycles. The average molecular weight is 350 g/mol. The van der Waals surface area contributed by atoms with Gasteiger partial charge in [0.1, 0.15) is 0 Å². The molecule has 1 heteroatoms. The van der Waals surface area contributed by atoms with Crippen molar-refractivity contribution < 1.29 is 0 Å². The first-order valence-corrected chi connectivity index (χ1v) is 9.93. The van der Waals surface area contributed by atoms with Gasteiger partial charge in [0.05, 0.1) is 5.71 Å². The van der Waals surface area contributed by atoms with Gasteiger partial charge in [-0.15, -0.1) is 0 Å². The van der Waals surface area contributed by atoms with E-state index >= 15 is 0 Å². The Morgan fingerprint density at radius 1 is 1.15 bits per heavy atom. The second kappa shape index (κ2) is 11.5. The summed E-state index contributed by atoms with van der Waals surface area (Å²) in [7, 11) is 0. The predicted octanol–water partition coefficient (Wildman–Crippen LogP) is 5.95. The fourth-order valence-corrected chi connectivity index (χ4v) is 3.28. The van der Waals surface area contributed by atoms with Crippen molar-refractivity contribution in [2.45, 2.75) is 60.8 Å². The topological polar surface area (TPSA) is 23.9 Å². The van der Waals surface area contributed by atoms with Crippen LogP contribution in [0.5, 0.6) is 0 Å². The van der Waals surface area contributed by atoms with Gasteiger partial charge in [-0.2, -0.15) is 0 Å². The van der Waals surface area contributed by atoms with Crippen molar-refractivity contribution in [1.82, 2.24) is 0 Å². The molecule has 1 nitrogen and oxygen atoms in total. The van der Waals surface area contributed by atoms with Crippen LogP contribution in [0.2, 0.25) is 0 Å². The highest BCUT2D eigenvalue weighted by atomic mass is 14.4. The van der Waals surface area contributed by atoms with E-state index in [0.717, 1.165) is 19.3 Å². The average Bonchev–Trinajstić information content (AvgIpc) is 2.67. The largest absolute Gasteiger partial charge is 0.301 e. The highest BCUT2D eigenvalue weighted by Gasteiger charge is 2.19. The third kappa shape index (κ3) is 5.69. The van der Waals surface area contributed by atoms with Crippen molar-refractivity contribution >= 4 is 17.4 Å². The summed E-state index contributed by atoms with van der Waals surface area (Å²) in [6.45, 7) is 12.5. The Kier molecular flexibility index (Phi) is 9.65. The predicted molar refractivity (Wildman–Crippen MR) is 118 cm³/mol. The molecule has 26 heavy (non-hydrogen) atoms. The molecular weight excluding hydrogens is 314 g/mol. The maximum atomic E-state index is 8.76. The number of benzene rings is 1. The smallest absolute Gasteiger partial charge is 0.0583 e. The second-order valence-corrected chi connectivity index (χ2v) is 6.48. The Balaban J connectivity index is 0.00000163. The molecule has 0 fully saturated rings. The van der Waals surface area contributed by atoms with Gasteiger partial charge >= 0.3 is 0 Å². The van der Waals surface area contributed by atoms with E-state index in [-0.39, 0.29) is 0 Å². The van der Waals surface area contributed by atoms with Crippen molar-refractivity contribution in [2.24, 2.45) is 5.92 Å². The molecule has 0 radical (unpaired) electrons. The maximum Gasteiger partial charge on any atom is 0.0583 e. The van der Waals surface area contributed by atoms with Crippen LogP contribution in [0.1, 0.15) is 60.8 Å². The molecule has 0 aromatic heterocycles. The van der Waals surface area contributed by atoms with Gasteiger partial charge in [-0.05, 0) is 73.6 Å². The summed E-state index contributed by atoms with van der Waals surface area (Å²) in [5, 5.41) is 11.2. The van der Waals surface area contributed by atoms with Crippen LogP contribution in [0.4, 0.5) is 0 Å². The van der Waals surface area contributed by atoms with E-state index in [1.165, 1.54) is 27.2 Å². The molecule has 140 valence electrons. The van der Waals surface area contributed by atoms with Gasteiger partial charge in [0.25, 0.3) is 0 Å². The van der Waals surface area contributed by atoms with Crippen LogP contribution in [-0.4, -0.2) is 5.71 Å². The SMILES string of the molecule is CC.CC=CCC1CC=c2ccccc2=C1C(=N)/C=C(C)\C(C)=C\CC. The fourth-order valence-electron chi connectivity index (χ4n) is 3.28. The lowest BCUT2D eigenvalue weighted by Gasteiger charge is -2.21. The quantitative estimate of drug-likeness (QED) is 0.373. The monoisotopic (exact) mass is 349 g/mol. The summed E-state index contributed by atoms with van der Waals surface area (Å²) in [6.07, 6.45) is 14.0. The first kappa shape index (κ1) is 21.9. The molecule has 0 saturated heterocycles. The number of nitrogens with one attached hydrogen (secondary N) is 1. The lowest BCUT2D eigenvalue weighted by molar-refractivity contribution is 0.709. The fraction of sp³-hybridized carbons (Fsp3) is 0.400. The van der Waals surface area contributed by atoms with Gasteiger partial charge in [0.15, 0.2) is 0 Å². The summed E-state index contributed by atoms with van der Waals surface area (Å²) in [4.78, 5) is 0. The van der Waals surface area contributed by atoms with E-state index in [4.69, 9.17) is 5.41 Å². The molecule has 1 aliphatic rings. The van der Waals surface area contributed by atoms with Crippen molar-refractivity contribution in [3.05, 3.63) is 70.2 Å². The third-order valence-electron chi connectivity index (χ3n) is 4.72. The zero-order valence-electron chi connectivity index (χ0n) is 17.4. The zero-order chi connectivity index (χ0) is 19.5. The Bertz CT molecular complexity index is 803. The summed E-state index contributed by atoms with van der Waals surface area (Å²) in [6, 6.07) is 8.48. The van der Waals surface area contributed by atoms with E-state index in [9.17, 15) is 0 Å². The Labute approximate surface area is 160 Å². The molecule has 1 aliphatic carbocycles. The van der Waals surface area contributed by atoms with E-state index in [1.54, 1.807) is 0 Å². The van der Waals surface area contributed by atoms with Gasteiger partial charge in [0, 0.05) is 0 Å². The minimum atomic E-state index is 0.392. The van der Waals surface area contributed by atoms with E-state index in [1.807, 2.05) is 19.9 Å². The van der Waals surface area contributed by atoms with Crippen LogP contribution in [0.3, 0.4) is 0 Å². The minimum Gasteiger partial charge on any atom is -0.301 e. The van der Waals surface area contributed by atoms with Crippen molar-refractivity contribution in [3.63, 3.8) is 0 Å². The molecular formula is C25H35N. The Hall–Kier alpha value is -2.15. The highest BCUT2D eigenvalue weighted by Crippen LogP contribution is 2.25. The molecule has 1 aromatic carbocycles. The standard InChI is InChI=1S/C23H29N.C2H6/c1-5-7-11-20-15-14-19-12-8-9-13-21(19)23(20)22(24)16-18(4)17(3)10-6-2;1-2/h5,7-10,12-14,16,20,24H,6,11,15H2,1-4H3;1-2H3/b7-5?,17-10+,18-16-,24-22?;. The van der Waals surface area contributed by atoms with Crippen LogP contribution in [0.15, 0.2) is 59.7 Å². The highest BCUT2D eigenvalue weighted by molar-refractivity contribution is 6.24. The molecule has 1 aromatic rings. The molecule has 0 heterocycles. The van der Waals surface area contributed by atoms with Gasteiger partial charge in [-0.1, -0.05) is 74.9 Å². The number of fused-ring (bicyclic) bond motifs is 1. The lowest BCUT2D eigenvalue weighted by Crippen LogP contribution is -2.35. The van der Waals surface area contributed by atoms with E-state index in [0.29, 0.717) is 11.6 Å². The van der Waals surface area contributed by atoms with Gasteiger partial charge < -0.3 is 5.41 Å². The van der Waals surface area contributed by atoms with Crippen LogP contribution in [0.25, 0.3) is 11.6 Å². The third-order valence-corrected chi connectivity index (χ3v) is 4.72. The first-order chi connectivity index (χ1) is 12.6. The van der Waals surface area contributed by atoms with E-state index < -0.39 is 0 Å². The normalized spacial score (nSPS) is 17.3. The zero-order valence-corrected chi connectivity index (χ0v) is 17.4. The van der Waals surface area contributed by atoms with E-state index in [2.05, 4.69) is 76.3 Å². The Morgan fingerprint density at radius 3 is 2.50 bits per heavy atom. The van der Waals surface area contributed by atoms with Crippen molar-refractivity contribution in [1.29, 1.82) is 5.41 Å². The first-order valence-electron chi connectivity index (χ1n) is 9.93. The summed E-state index contributed by atoms with van der Waals surface area (Å²) in [5.41, 5.74) is 4.30. The van der Waals surface area contributed by atoms with Gasteiger partial charge in [0.2, 0.25) is 0 Å². The number of allylic oxidation sites excluding steroid dienone is 6. The molecule has 1 N–H and O–H groups in total. The molecule has 0 spiro atoms. The van der Waals surface area contributed by atoms with Crippen LogP contribution in [-0.2, 0) is 0 Å². The van der Waals surface area contributed by atoms with Crippen LogP contribution < -0.4 is 10.4 Å². The number of hydrogen-bond donors (Lipinski definition) is 1.